The summed E-state index contributed by atoms with van der Waals surface area (Å²) in [5.74, 6) is -0.0654. The molecule has 1 aliphatic rings. The highest BCUT2D eigenvalue weighted by atomic mass is 16.5. The fraction of sp³-hybridized carbons (Fsp3) is 0.316. The van der Waals surface area contributed by atoms with Crippen LogP contribution in [0.1, 0.15) is 24.0 Å². The Morgan fingerprint density at radius 1 is 0.909 bits per heavy atom. The summed E-state index contributed by atoms with van der Waals surface area (Å²) in [6.07, 6.45) is 1.41. The van der Waals surface area contributed by atoms with Gasteiger partial charge in [-0.25, -0.2) is 0 Å². The Hall–Kier alpha value is -2.13. The van der Waals surface area contributed by atoms with Crippen molar-refractivity contribution < 1.29 is 9.53 Å². The Morgan fingerprint density at radius 2 is 1.45 bits per heavy atom. The number of nitrogens with zero attached hydrogens (tertiary/aromatic N) is 1. The highest BCUT2D eigenvalue weighted by Gasteiger charge is 2.25. The van der Waals surface area contributed by atoms with Crippen LogP contribution in [0.25, 0.3) is 0 Å². The van der Waals surface area contributed by atoms with Gasteiger partial charge in [-0.15, -0.1) is 0 Å². The molecule has 1 heterocycles. The molecule has 3 heteroatoms. The lowest BCUT2D eigenvalue weighted by Crippen LogP contribution is -2.31. The first-order valence-corrected chi connectivity index (χ1v) is 7.79. The van der Waals surface area contributed by atoms with Crippen LogP contribution in [0, 0.1) is 0 Å². The van der Waals surface area contributed by atoms with E-state index in [1.54, 1.807) is 0 Å². The van der Waals surface area contributed by atoms with Gasteiger partial charge in [-0.05, 0) is 17.5 Å². The summed E-state index contributed by atoms with van der Waals surface area (Å²) in [5.41, 5.74) is 2.56. The Kier molecular flexibility index (Phi) is 4.86. The Morgan fingerprint density at radius 3 is 1.91 bits per heavy atom. The number of rotatable bonds is 6. The normalized spacial score (nSPS) is 17.7. The number of cyclic esters (lactones) is 1. The lowest BCUT2D eigenvalue weighted by Gasteiger charge is -2.25. The van der Waals surface area contributed by atoms with Crippen molar-refractivity contribution in [2.45, 2.75) is 32.0 Å². The van der Waals surface area contributed by atoms with Crippen molar-refractivity contribution in [3.05, 3.63) is 71.8 Å². The summed E-state index contributed by atoms with van der Waals surface area (Å²) in [4.78, 5) is 13.7. The molecule has 0 saturated carbocycles. The van der Waals surface area contributed by atoms with Crippen LogP contribution in [0.5, 0.6) is 0 Å². The van der Waals surface area contributed by atoms with Crippen molar-refractivity contribution in [3.8, 4) is 0 Å². The first-order chi connectivity index (χ1) is 10.8. The maximum absolute atomic E-state index is 11.3. The monoisotopic (exact) mass is 295 g/mol. The third-order valence-electron chi connectivity index (χ3n) is 3.93. The zero-order valence-corrected chi connectivity index (χ0v) is 12.7. The zero-order valence-electron chi connectivity index (χ0n) is 12.7. The first kappa shape index (κ1) is 14.8. The van der Waals surface area contributed by atoms with E-state index >= 15 is 0 Å². The maximum atomic E-state index is 11.3. The molecule has 22 heavy (non-hydrogen) atoms. The Labute approximate surface area is 131 Å². The number of hydrogen-bond donors (Lipinski definition) is 0. The molecule has 3 rings (SSSR count). The average molecular weight is 295 g/mol. The molecule has 0 aromatic heterocycles. The van der Waals surface area contributed by atoms with Crippen molar-refractivity contribution in [3.63, 3.8) is 0 Å². The maximum Gasteiger partial charge on any atom is 0.306 e. The van der Waals surface area contributed by atoms with Crippen LogP contribution in [0.15, 0.2) is 60.7 Å². The second-order valence-electron chi connectivity index (χ2n) is 5.79. The van der Waals surface area contributed by atoms with Gasteiger partial charge >= 0.3 is 5.97 Å². The number of benzene rings is 2. The zero-order chi connectivity index (χ0) is 15.2. The van der Waals surface area contributed by atoms with E-state index in [2.05, 4.69) is 53.4 Å². The van der Waals surface area contributed by atoms with Gasteiger partial charge in [0, 0.05) is 26.1 Å². The molecule has 0 N–H and O–H groups in total. The highest BCUT2D eigenvalue weighted by Crippen LogP contribution is 2.18. The molecule has 1 saturated heterocycles. The van der Waals surface area contributed by atoms with Crippen LogP contribution in [0.2, 0.25) is 0 Å². The van der Waals surface area contributed by atoms with Gasteiger partial charge in [-0.1, -0.05) is 60.7 Å². The van der Waals surface area contributed by atoms with Gasteiger partial charge in [0.25, 0.3) is 0 Å². The molecule has 114 valence electrons. The third kappa shape index (κ3) is 4.18. The van der Waals surface area contributed by atoms with Crippen LogP contribution in [-0.2, 0) is 22.6 Å². The second kappa shape index (κ2) is 7.23. The Balaban J connectivity index is 1.68. The second-order valence-corrected chi connectivity index (χ2v) is 5.79. The average Bonchev–Trinajstić information content (AvgIpc) is 2.94. The van der Waals surface area contributed by atoms with E-state index in [0.717, 1.165) is 26.1 Å². The summed E-state index contributed by atoms with van der Waals surface area (Å²) in [6.45, 7) is 2.52. The van der Waals surface area contributed by atoms with Crippen molar-refractivity contribution in [1.29, 1.82) is 0 Å². The van der Waals surface area contributed by atoms with E-state index < -0.39 is 0 Å². The van der Waals surface area contributed by atoms with Crippen LogP contribution in [0.3, 0.4) is 0 Å². The Bertz CT molecular complexity index is 556. The lowest BCUT2D eigenvalue weighted by atomic mass is 10.1. The van der Waals surface area contributed by atoms with E-state index in [1.807, 2.05) is 12.1 Å². The van der Waals surface area contributed by atoms with E-state index in [4.69, 9.17) is 4.74 Å². The number of ether oxygens (including phenoxy) is 1. The smallest absolute Gasteiger partial charge is 0.306 e. The van der Waals surface area contributed by atoms with E-state index in [-0.39, 0.29) is 12.1 Å². The molecule has 0 radical (unpaired) electrons. The van der Waals surface area contributed by atoms with Crippen molar-refractivity contribution in [2.24, 2.45) is 0 Å². The van der Waals surface area contributed by atoms with Crippen molar-refractivity contribution >= 4 is 5.97 Å². The van der Waals surface area contributed by atoms with Crippen LogP contribution in [0.4, 0.5) is 0 Å². The van der Waals surface area contributed by atoms with Crippen molar-refractivity contribution in [2.75, 3.05) is 6.54 Å². The molecule has 1 aliphatic heterocycles. The van der Waals surface area contributed by atoms with E-state index in [0.29, 0.717) is 6.42 Å². The molecular weight excluding hydrogens is 274 g/mol. The number of carbonyl (C=O) groups excluding carboxylic acids is 1. The molecular formula is C19H21NO2. The van der Waals surface area contributed by atoms with Gasteiger partial charge in [0.2, 0.25) is 0 Å². The predicted molar refractivity (Wildman–Crippen MR) is 86.1 cm³/mol. The molecule has 0 aliphatic carbocycles. The highest BCUT2D eigenvalue weighted by molar-refractivity contribution is 5.71. The van der Waals surface area contributed by atoms with E-state index in [9.17, 15) is 4.79 Å². The molecule has 3 nitrogen and oxygen atoms in total. The number of esters is 1. The molecule has 2 aromatic carbocycles. The van der Waals surface area contributed by atoms with E-state index in [1.165, 1.54) is 11.1 Å². The molecule has 0 bridgehead atoms. The molecule has 1 atom stereocenters. The third-order valence-corrected chi connectivity index (χ3v) is 3.93. The summed E-state index contributed by atoms with van der Waals surface area (Å²) < 4.78 is 5.39. The topological polar surface area (TPSA) is 29.5 Å². The van der Waals surface area contributed by atoms with Gasteiger partial charge in [0.1, 0.15) is 6.10 Å². The van der Waals surface area contributed by atoms with Crippen LogP contribution in [-0.4, -0.2) is 23.5 Å². The molecule has 0 unspecified atom stereocenters. The molecule has 0 spiro atoms. The van der Waals surface area contributed by atoms with Gasteiger partial charge in [-0.3, -0.25) is 9.69 Å². The summed E-state index contributed by atoms with van der Waals surface area (Å²) in [6, 6.07) is 20.9. The fourth-order valence-electron chi connectivity index (χ4n) is 2.87. The lowest BCUT2D eigenvalue weighted by molar-refractivity contribution is -0.142. The quantitative estimate of drug-likeness (QED) is 0.765. The number of carbonyl (C=O) groups is 1. The van der Waals surface area contributed by atoms with Gasteiger partial charge < -0.3 is 4.74 Å². The van der Waals surface area contributed by atoms with Crippen LogP contribution >= 0.6 is 0 Å². The van der Waals surface area contributed by atoms with Gasteiger partial charge in [0.15, 0.2) is 0 Å². The first-order valence-electron chi connectivity index (χ1n) is 7.79. The summed E-state index contributed by atoms with van der Waals surface area (Å²) in [5, 5.41) is 0. The predicted octanol–water partition coefficient (Wildman–Crippen LogP) is 3.39. The minimum absolute atomic E-state index is 0.0277. The van der Waals surface area contributed by atoms with Crippen molar-refractivity contribution in [1.82, 2.24) is 4.90 Å². The minimum atomic E-state index is -0.0654. The van der Waals surface area contributed by atoms with Gasteiger partial charge in [-0.2, -0.15) is 0 Å². The standard InChI is InChI=1S/C19H21NO2/c21-19-12-11-18(22-19)15-20(13-16-7-3-1-4-8-16)14-17-9-5-2-6-10-17/h1-10,18H,11-15H2/t18-/m1/s1. The summed E-state index contributed by atoms with van der Waals surface area (Å²) >= 11 is 0. The molecule has 2 aromatic rings. The fourth-order valence-corrected chi connectivity index (χ4v) is 2.87. The van der Waals surface area contributed by atoms with Crippen LogP contribution < -0.4 is 0 Å². The largest absolute Gasteiger partial charge is 0.461 e. The minimum Gasteiger partial charge on any atom is -0.461 e. The molecule has 0 amide bonds. The molecule has 1 fully saturated rings. The SMILES string of the molecule is O=C1CC[C@H](CN(Cc2ccccc2)Cc2ccccc2)O1. The summed E-state index contributed by atoms with van der Waals surface area (Å²) in [7, 11) is 0. The van der Waals surface area contributed by atoms with Gasteiger partial charge in [0.05, 0.1) is 0 Å². The number of hydrogen-bond acceptors (Lipinski definition) is 3.